The van der Waals surface area contributed by atoms with Gasteiger partial charge in [-0.05, 0) is 26.0 Å². The van der Waals surface area contributed by atoms with Crippen LogP contribution in [0.1, 0.15) is 31.0 Å². The Morgan fingerprint density at radius 3 is 2.95 bits per heavy atom. The molecule has 4 nitrogen and oxygen atoms in total. The molecule has 0 aliphatic carbocycles. The van der Waals surface area contributed by atoms with Crippen LogP contribution in [0.25, 0.3) is 0 Å². The van der Waals surface area contributed by atoms with Gasteiger partial charge in [-0.1, -0.05) is 36.8 Å². The van der Waals surface area contributed by atoms with E-state index in [0.717, 1.165) is 12.1 Å². The molecule has 1 saturated heterocycles. The number of carbonyl (C=O) groups excluding carboxylic acids is 1. The first-order chi connectivity index (χ1) is 9.61. The van der Waals surface area contributed by atoms with Crippen LogP contribution in [0.3, 0.4) is 0 Å². The molecule has 2 unspecified atom stereocenters. The summed E-state index contributed by atoms with van der Waals surface area (Å²) in [5.41, 5.74) is 2.34. The maximum atomic E-state index is 12.4. The number of aryl methyl sites for hydroxylation is 1. The summed E-state index contributed by atoms with van der Waals surface area (Å²) in [6.07, 6.45) is 0. The summed E-state index contributed by atoms with van der Waals surface area (Å²) in [5, 5.41) is 6.41. The van der Waals surface area contributed by atoms with Crippen LogP contribution in [-0.4, -0.2) is 31.7 Å². The molecule has 20 heavy (non-hydrogen) atoms. The van der Waals surface area contributed by atoms with Gasteiger partial charge in [0.2, 0.25) is 5.91 Å². The molecule has 2 N–H and O–H groups in total. The highest BCUT2D eigenvalue weighted by Gasteiger charge is 2.33. The first-order valence-corrected chi connectivity index (χ1v) is 7.30. The molecule has 0 radical (unpaired) electrons. The fourth-order valence-corrected chi connectivity index (χ4v) is 2.62. The van der Waals surface area contributed by atoms with E-state index in [-0.39, 0.29) is 23.9 Å². The smallest absolute Gasteiger partial charge is 0.227 e. The summed E-state index contributed by atoms with van der Waals surface area (Å²) in [7, 11) is 0. The monoisotopic (exact) mass is 276 g/mol. The van der Waals surface area contributed by atoms with Gasteiger partial charge in [0.1, 0.15) is 0 Å². The lowest BCUT2D eigenvalue weighted by Gasteiger charge is -2.21. The molecule has 0 bridgehead atoms. The summed E-state index contributed by atoms with van der Waals surface area (Å²) >= 11 is 0. The van der Waals surface area contributed by atoms with Crippen molar-refractivity contribution in [3.63, 3.8) is 0 Å². The van der Waals surface area contributed by atoms with E-state index in [1.54, 1.807) is 0 Å². The van der Waals surface area contributed by atoms with E-state index in [9.17, 15) is 4.79 Å². The maximum absolute atomic E-state index is 12.4. The summed E-state index contributed by atoms with van der Waals surface area (Å²) in [5.74, 6) is -0.0235. The van der Waals surface area contributed by atoms with Crippen LogP contribution in [-0.2, 0) is 9.53 Å². The molecular weight excluding hydrogens is 252 g/mol. The molecule has 0 saturated carbocycles. The average molecular weight is 276 g/mol. The summed E-state index contributed by atoms with van der Waals surface area (Å²) < 4.78 is 5.43. The molecule has 3 atom stereocenters. The molecule has 0 aromatic heterocycles. The lowest BCUT2D eigenvalue weighted by Crippen LogP contribution is -2.44. The van der Waals surface area contributed by atoms with Gasteiger partial charge in [0, 0.05) is 6.04 Å². The van der Waals surface area contributed by atoms with E-state index < -0.39 is 0 Å². The molecule has 1 aliphatic rings. The first-order valence-electron chi connectivity index (χ1n) is 7.30. The van der Waals surface area contributed by atoms with Gasteiger partial charge in [0.25, 0.3) is 0 Å². The molecule has 110 valence electrons. The summed E-state index contributed by atoms with van der Waals surface area (Å²) in [6, 6.07) is 8.38. The van der Waals surface area contributed by atoms with Crippen molar-refractivity contribution in [1.82, 2.24) is 10.6 Å². The number of benzene rings is 1. The molecule has 1 aliphatic heterocycles. The van der Waals surface area contributed by atoms with Crippen LogP contribution in [0.15, 0.2) is 24.3 Å². The zero-order valence-electron chi connectivity index (χ0n) is 12.5. The minimum Gasteiger partial charge on any atom is -0.379 e. The van der Waals surface area contributed by atoms with Crippen LogP contribution in [0.4, 0.5) is 0 Å². The van der Waals surface area contributed by atoms with E-state index in [1.165, 1.54) is 5.56 Å². The second-order valence-electron chi connectivity index (χ2n) is 5.45. The second-order valence-corrected chi connectivity index (χ2v) is 5.45. The minimum atomic E-state index is -0.0952. The lowest BCUT2D eigenvalue weighted by atomic mass is 10.0. The van der Waals surface area contributed by atoms with Crippen LogP contribution < -0.4 is 10.6 Å². The Kier molecular flexibility index (Phi) is 5.15. The van der Waals surface area contributed by atoms with E-state index in [1.807, 2.05) is 26.0 Å². The summed E-state index contributed by atoms with van der Waals surface area (Å²) in [6.45, 7) is 8.09. The number of carbonyl (C=O) groups is 1. The fourth-order valence-electron chi connectivity index (χ4n) is 2.62. The largest absolute Gasteiger partial charge is 0.379 e. The average Bonchev–Trinajstić information content (AvgIpc) is 2.87. The number of hydrogen-bond acceptors (Lipinski definition) is 3. The molecule has 1 aromatic carbocycles. The Hall–Kier alpha value is -1.39. The van der Waals surface area contributed by atoms with Gasteiger partial charge < -0.3 is 15.4 Å². The van der Waals surface area contributed by atoms with Crippen molar-refractivity contribution in [1.29, 1.82) is 0 Å². The van der Waals surface area contributed by atoms with Crippen molar-refractivity contribution in [3.8, 4) is 0 Å². The molecule has 2 rings (SSSR count). The fraction of sp³-hybridized carbons (Fsp3) is 0.562. The van der Waals surface area contributed by atoms with Crippen LogP contribution in [0.5, 0.6) is 0 Å². The Bertz CT molecular complexity index is 462. The zero-order valence-corrected chi connectivity index (χ0v) is 12.5. The zero-order chi connectivity index (χ0) is 14.5. The minimum absolute atomic E-state index is 0.0188. The standard InChI is InChI=1S/C16H24N2O2/c1-4-17-15-10-20-9-14(15)16(19)18-12(3)13-7-5-6-11(2)8-13/h5-8,12,14-15,17H,4,9-10H2,1-3H3,(H,18,19)/t12-,14?,15?/m0/s1. The quantitative estimate of drug-likeness (QED) is 0.862. The van der Waals surface area contributed by atoms with Crippen molar-refractivity contribution in [2.75, 3.05) is 19.8 Å². The SMILES string of the molecule is CCNC1COCC1C(=O)N[C@@H](C)c1cccc(C)c1. The van der Waals surface area contributed by atoms with E-state index in [2.05, 4.69) is 29.7 Å². The normalized spacial score (nSPS) is 23.6. The molecule has 1 fully saturated rings. The Morgan fingerprint density at radius 2 is 2.25 bits per heavy atom. The van der Waals surface area contributed by atoms with E-state index >= 15 is 0 Å². The molecule has 1 heterocycles. The van der Waals surface area contributed by atoms with Gasteiger partial charge in [-0.25, -0.2) is 0 Å². The van der Waals surface area contributed by atoms with E-state index in [4.69, 9.17) is 4.74 Å². The van der Waals surface area contributed by atoms with Crippen LogP contribution >= 0.6 is 0 Å². The number of amides is 1. The maximum Gasteiger partial charge on any atom is 0.227 e. The molecule has 4 heteroatoms. The highest BCUT2D eigenvalue weighted by molar-refractivity contribution is 5.80. The molecule has 1 aromatic rings. The highest BCUT2D eigenvalue weighted by Crippen LogP contribution is 2.18. The Morgan fingerprint density at radius 1 is 1.45 bits per heavy atom. The number of nitrogens with one attached hydrogen (secondary N) is 2. The second kappa shape index (κ2) is 6.86. The summed E-state index contributed by atoms with van der Waals surface area (Å²) in [4.78, 5) is 12.4. The van der Waals surface area contributed by atoms with Crippen molar-refractivity contribution in [3.05, 3.63) is 35.4 Å². The number of rotatable bonds is 5. The van der Waals surface area contributed by atoms with Crippen molar-refractivity contribution >= 4 is 5.91 Å². The van der Waals surface area contributed by atoms with E-state index in [0.29, 0.717) is 13.2 Å². The van der Waals surface area contributed by atoms with Crippen LogP contribution in [0.2, 0.25) is 0 Å². The third-order valence-electron chi connectivity index (χ3n) is 3.78. The van der Waals surface area contributed by atoms with Gasteiger partial charge in [-0.3, -0.25) is 4.79 Å². The van der Waals surface area contributed by atoms with Crippen molar-refractivity contribution in [2.45, 2.75) is 32.9 Å². The highest BCUT2D eigenvalue weighted by atomic mass is 16.5. The predicted octanol–water partition coefficient (Wildman–Crippen LogP) is 1.80. The van der Waals surface area contributed by atoms with Crippen molar-refractivity contribution < 1.29 is 9.53 Å². The molecule has 0 spiro atoms. The van der Waals surface area contributed by atoms with Gasteiger partial charge in [-0.2, -0.15) is 0 Å². The topological polar surface area (TPSA) is 50.4 Å². The molecule has 1 amide bonds. The van der Waals surface area contributed by atoms with Gasteiger partial charge in [0.05, 0.1) is 25.2 Å². The third kappa shape index (κ3) is 3.58. The lowest BCUT2D eigenvalue weighted by molar-refractivity contribution is -0.126. The number of hydrogen-bond donors (Lipinski definition) is 2. The van der Waals surface area contributed by atoms with Crippen LogP contribution in [0, 0.1) is 12.8 Å². The van der Waals surface area contributed by atoms with Gasteiger partial charge in [-0.15, -0.1) is 0 Å². The third-order valence-corrected chi connectivity index (χ3v) is 3.78. The van der Waals surface area contributed by atoms with Gasteiger partial charge >= 0.3 is 0 Å². The number of likely N-dealkylation sites (N-methyl/N-ethyl adjacent to an activating group) is 1. The van der Waals surface area contributed by atoms with Crippen molar-refractivity contribution in [2.24, 2.45) is 5.92 Å². The van der Waals surface area contributed by atoms with Gasteiger partial charge in [0.15, 0.2) is 0 Å². The first kappa shape index (κ1) is 15.0. The molecular formula is C16H24N2O2. The Labute approximate surface area is 120 Å². The predicted molar refractivity (Wildman–Crippen MR) is 79.5 cm³/mol. The number of ether oxygens (including phenoxy) is 1. The Balaban J connectivity index is 1.97.